The highest BCUT2D eigenvalue weighted by Gasteiger charge is 2.56. The van der Waals surface area contributed by atoms with E-state index in [0.29, 0.717) is 28.2 Å². The van der Waals surface area contributed by atoms with Gasteiger partial charge in [-0.1, -0.05) is 0 Å². The van der Waals surface area contributed by atoms with Gasteiger partial charge in [0, 0.05) is 11.8 Å². The number of esters is 1. The van der Waals surface area contributed by atoms with Gasteiger partial charge in [-0.05, 0) is 47.9 Å². The Balaban J connectivity index is 1.32. The molecule has 0 bridgehead atoms. The minimum atomic E-state index is -2.89. The van der Waals surface area contributed by atoms with E-state index in [1.54, 1.807) is 19.1 Å². The molecule has 0 amide bonds. The molecule has 3 N–H and O–H groups in total. The first-order chi connectivity index (χ1) is 21.4. The zero-order valence-electron chi connectivity index (χ0n) is 25.6. The van der Waals surface area contributed by atoms with Gasteiger partial charge in [0.1, 0.15) is 24.4 Å². The molecule has 3 fully saturated rings. The third-order valence-corrected chi connectivity index (χ3v) is 8.64. The van der Waals surface area contributed by atoms with Crippen molar-refractivity contribution in [3.8, 4) is 28.7 Å². The van der Waals surface area contributed by atoms with E-state index in [1.165, 1.54) is 19.2 Å². The Morgan fingerprint density at radius 1 is 0.952 bits per heavy atom. The summed E-state index contributed by atoms with van der Waals surface area (Å²) in [5, 5.41) is 32.7. The van der Waals surface area contributed by atoms with Gasteiger partial charge >= 0.3 is 5.97 Å². The molecule has 4 heterocycles. The van der Waals surface area contributed by atoms with Crippen LogP contribution in [0.2, 0.25) is 0 Å². The molecule has 1 aliphatic carbocycles. The predicted molar refractivity (Wildman–Crippen MR) is 138 cm³/mol. The second-order valence-electron chi connectivity index (χ2n) is 10.9. The third kappa shape index (κ3) is 4.26. The second-order valence-corrected chi connectivity index (χ2v) is 10.9. The van der Waals surface area contributed by atoms with E-state index in [1.807, 2.05) is 0 Å². The summed E-state index contributed by atoms with van der Waals surface area (Å²) in [5.74, 6) is -2.93. The fourth-order valence-electron chi connectivity index (χ4n) is 6.66. The number of aliphatic hydroxyl groups is 2. The van der Waals surface area contributed by atoms with Crippen LogP contribution in [-0.2, 0) is 28.5 Å². The number of aromatic hydroxyl groups is 1. The fraction of sp³-hybridized carbons (Fsp3) is 0.552. The maximum Gasteiger partial charge on any atom is 0.310 e. The summed E-state index contributed by atoms with van der Waals surface area (Å²) in [5.41, 5.74) is 1.51. The second kappa shape index (κ2) is 10.4. The van der Waals surface area contributed by atoms with Gasteiger partial charge in [0.25, 0.3) is 0 Å². The summed E-state index contributed by atoms with van der Waals surface area (Å²) in [7, 11) is -1.58. The molecule has 0 spiro atoms. The van der Waals surface area contributed by atoms with Gasteiger partial charge in [0.05, 0.1) is 43.5 Å². The zero-order chi connectivity index (χ0) is 31.8. The topological polar surface area (TPSA) is 161 Å². The van der Waals surface area contributed by atoms with Crippen LogP contribution in [0.25, 0.3) is 0 Å². The van der Waals surface area contributed by atoms with Crippen LogP contribution in [0.5, 0.6) is 28.7 Å². The Morgan fingerprint density at radius 3 is 2.43 bits per heavy atom. The van der Waals surface area contributed by atoms with Crippen molar-refractivity contribution in [1.29, 1.82) is 0 Å². The number of carbonyl (C=O) groups is 1. The lowest BCUT2D eigenvalue weighted by Crippen LogP contribution is -2.63. The number of ether oxygens (including phenoxy) is 9. The number of benzene rings is 2. The Hall–Kier alpha value is -3.33. The van der Waals surface area contributed by atoms with Crippen LogP contribution in [0.4, 0.5) is 0 Å². The molecule has 0 saturated carbocycles. The zero-order valence-corrected chi connectivity index (χ0v) is 22.6. The molecule has 8 unspecified atom stereocenters. The third-order valence-electron chi connectivity index (χ3n) is 8.64. The standard InChI is InChI=1S/C29H32O13/c1-11-36-9-20-27(40-11)24(31)25(32)29(41-20)42-26-14-7-17-16(38-10-39-17)6-13(14)21(22-15(26)8-37-28(22)33)12-4-18(34-2)23(30)19(5-12)35-3/h4-7,11,15,20-22,24-27,29-32H,8-10H2,1-3H3/t11?,15?,20?,21-,22+,24?,25?,26?,27?,29?/m0/s1/i2D3. The van der Waals surface area contributed by atoms with Crippen molar-refractivity contribution in [1.82, 2.24) is 0 Å². The summed E-state index contributed by atoms with van der Waals surface area (Å²) in [6.45, 7) is 1.70. The smallest absolute Gasteiger partial charge is 0.310 e. The Bertz CT molecular complexity index is 1480. The number of methoxy groups -OCH3 is 2. The lowest BCUT2D eigenvalue weighted by Gasteiger charge is -2.47. The molecule has 10 atom stereocenters. The van der Waals surface area contributed by atoms with Gasteiger partial charge in [-0.2, -0.15) is 0 Å². The highest BCUT2D eigenvalue weighted by Crippen LogP contribution is 2.57. The molecule has 0 radical (unpaired) electrons. The van der Waals surface area contributed by atoms with Gasteiger partial charge in [-0.25, -0.2) is 0 Å². The number of hydrogen-bond donors (Lipinski definition) is 3. The fourth-order valence-corrected chi connectivity index (χ4v) is 6.66. The summed E-state index contributed by atoms with van der Waals surface area (Å²) in [4.78, 5) is 13.5. The van der Waals surface area contributed by atoms with E-state index in [0.717, 1.165) is 0 Å². The molecule has 7 rings (SSSR count). The lowest BCUT2D eigenvalue weighted by atomic mass is 9.66. The largest absolute Gasteiger partial charge is 0.502 e. The van der Waals surface area contributed by atoms with Crippen LogP contribution in [0.15, 0.2) is 24.3 Å². The molecular weight excluding hydrogens is 556 g/mol. The first-order valence-corrected chi connectivity index (χ1v) is 13.6. The van der Waals surface area contributed by atoms with E-state index in [2.05, 4.69) is 0 Å². The van der Waals surface area contributed by atoms with E-state index in [9.17, 15) is 20.1 Å². The number of rotatable bonds is 5. The van der Waals surface area contributed by atoms with Gasteiger partial charge < -0.3 is 58.0 Å². The normalized spacial score (nSPS) is 37.8. The van der Waals surface area contributed by atoms with Crippen molar-refractivity contribution in [2.24, 2.45) is 11.8 Å². The average Bonchev–Trinajstić information content (AvgIpc) is 3.61. The molecule has 5 aliphatic rings. The molecule has 0 aromatic heterocycles. The highest BCUT2D eigenvalue weighted by molar-refractivity contribution is 5.79. The van der Waals surface area contributed by atoms with Crippen LogP contribution in [0.3, 0.4) is 0 Å². The summed E-state index contributed by atoms with van der Waals surface area (Å²) in [6, 6.07) is 6.27. The van der Waals surface area contributed by atoms with Crippen LogP contribution < -0.4 is 18.9 Å². The van der Waals surface area contributed by atoms with Crippen molar-refractivity contribution in [3.63, 3.8) is 0 Å². The maximum atomic E-state index is 13.5. The van der Waals surface area contributed by atoms with Crippen molar-refractivity contribution in [2.45, 2.75) is 55.9 Å². The highest BCUT2D eigenvalue weighted by atomic mass is 16.8. The van der Waals surface area contributed by atoms with Crippen molar-refractivity contribution < 1.29 is 66.9 Å². The number of aliphatic hydroxyl groups excluding tert-OH is 2. The summed E-state index contributed by atoms with van der Waals surface area (Å²) >= 11 is 0. The molecule has 3 saturated heterocycles. The molecule has 2 aromatic rings. The van der Waals surface area contributed by atoms with Gasteiger partial charge in [-0.3, -0.25) is 4.79 Å². The maximum absolute atomic E-state index is 13.5. The molecule has 2 aromatic carbocycles. The first kappa shape index (κ1) is 24.1. The van der Waals surface area contributed by atoms with Gasteiger partial charge in [-0.15, -0.1) is 0 Å². The minimum absolute atomic E-state index is 0.0367. The SMILES string of the molecule is [2H]C([2H])([2H])Oc1cc([C@H]2c3cc4c(cc3C(OC3OC5COC(C)OC5C(O)C3O)C3COC(=O)[C@H]32)OCO4)cc(OC)c1O. The number of hydrogen-bond acceptors (Lipinski definition) is 13. The van der Waals surface area contributed by atoms with E-state index >= 15 is 0 Å². The van der Waals surface area contributed by atoms with Gasteiger partial charge in [0.2, 0.25) is 12.5 Å². The molecule has 42 heavy (non-hydrogen) atoms. The first-order valence-electron chi connectivity index (χ1n) is 15.1. The average molecular weight is 592 g/mol. The van der Waals surface area contributed by atoms with E-state index < -0.39 is 79.6 Å². The van der Waals surface area contributed by atoms with Crippen molar-refractivity contribution in [3.05, 3.63) is 41.0 Å². The quantitative estimate of drug-likeness (QED) is 0.428. The van der Waals surface area contributed by atoms with Crippen molar-refractivity contribution >= 4 is 5.97 Å². The van der Waals surface area contributed by atoms with E-state index in [4.69, 9.17) is 46.7 Å². The Morgan fingerprint density at radius 2 is 1.69 bits per heavy atom. The Kier molecular flexibility index (Phi) is 6.00. The van der Waals surface area contributed by atoms with Crippen molar-refractivity contribution in [2.75, 3.05) is 34.2 Å². The Labute approximate surface area is 244 Å². The lowest BCUT2D eigenvalue weighted by molar-refractivity contribution is -0.364. The van der Waals surface area contributed by atoms with Crippen LogP contribution in [0.1, 0.15) is 39.7 Å². The van der Waals surface area contributed by atoms with Crippen LogP contribution in [-0.4, -0.2) is 92.4 Å². The van der Waals surface area contributed by atoms with Gasteiger partial charge in [0.15, 0.2) is 35.6 Å². The van der Waals surface area contributed by atoms with E-state index in [-0.39, 0.29) is 31.5 Å². The molecule has 13 heteroatoms. The van der Waals surface area contributed by atoms with Crippen LogP contribution >= 0.6 is 0 Å². The predicted octanol–water partition coefficient (Wildman–Crippen LogP) is 1.34. The number of carbonyl (C=O) groups excluding carboxylic acids is 1. The molecule has 226 valence electrons. The van der Waals surface area contributed by atoms with Crippen LogP contribution in [0, 0.1) is 11.8 Å². The summed E-state index contributed by atoms with van der Waals surface area (Å²) < 4.78 is 73.7. The molecular formula is C29H32O13. The number of phenolic OH excluding ortho intramolecular Hbond substituents is 1. The monoisotopic (exact) mass is 591 g/mol. The number of phenols is 1. The number of fused-ring (bicyclic) bond motifs is 4. The molecule has 4 aliphatic heterocycles. The molecule has 13 nitrogen and oxygen atoms in total. The minimum Gasteiger partial charge on any atom is -0.502 e. The summed E-state index contributed by atoms with van der Waals surface area (Å²) in [6.07, 6.45) is -7.21. The number of cyclic esters (lactones) is 1.